The van der Waals surface area contributed by atoms with Crippen LogP contribution in [0, 0.1) is 17.2 Å². The fourth-order valence-corrected chi connectivity index (χ4v) is 2.69. The lowest BCUT2D eigenvalue weighted by atomic mass is 9.96. The number of allylic oxidation sites excluding steroid dienone is 2. The van der Waals surface area contributed by atoms with Crippen LogP contribution in [0.1, 0.15) is 40.0 Å². The van der Waals surface area contributed by atoms with Crippen molar-refractivity contribution in [2.24, 2.45) is 5.92 Å². The average molecular weight is 237 g/mol. The van der Waals surface area contributed by atoms with Gasteiger partial charge in [-0.3, -0.25) is 0 Å². The molecule has 1 rings (SSSR count). The topological polar surface area (TPSA) is 33.0 Å². The Bertz CT molecular complexity index is 320. The molecule has 0 amide bonds. The van der Waals surface area contributed by atoms with Crippen LogP contribution in [-0.4, -0.2) is 8.32 Å². The van der Waals surface area contributed by atoms with Gasteiger partial charge in [0.2, 0.25) is 8.32 Å². The van der Waals surface area contributed by atoms with E-state index in [0.29, 0.717) is 0 Å². The SMILES string of the molecule is CC(C)(C)[Si](C)(C)OC1=CC(C#N)CCC1. The highest BCUT2D eigenvalue weighted by Crippen LogP contribution is 2.39. The molecule has 3 heteroatoms. The minimum Gasteiger partial charge on any atom is -0.547 e. The van der Waals surface area contributed by atoms with Crippen LogP contribution in [0.4, 0.5) is 0 Å². The van der Waals surface area contributed by atoms with Crippen molar-refractivity contribution < 1.29 is 4.43 Å². The summed E-state index contributed by atoms with van der Waals surface area (Å²) in [6.07, 6.45) is 5.11. The Morgan fingerprint density at radius 2 is 2.06 bits per heavy atom. The van der Waals surface area contributed by atoms with Crippen LogP contribution in [0.5, 0.6) is 0 Å². The van der Waals surface area contributed by atoms with Crippen LogP contribution in [-0.2, 0) is 4.43 Å². The molecule has 0 N–H and O–H groups in total. The zero-order valence-electron chi connectivity index (χ0n) is 11.1. The van der Waals surface area contributed by atoms with Crippen molar-refractivity contribution in [1.29, 1.82) is 5.26 Å². The molecule has 0 saturated heterocycles. The molecule has 1 atom stereocenters. The van der Waals surface area contributed by atoms with Gasteiger partial charge in [-0.05, 0) is 37.0 Å². The quantitative estimate of drug-likeness (QED) is 0.674. The molecule has 1 unspecified atom stereocenters. The Kier molecular flexibility index (Phi) is 3.85. The molecule has 0 aliphatic heterocycles. The average Bonchev–Trinajstić information content (AvgIpc) is 2.15. The first kappa shape index (κ1) is 13.3. The van der Waals surface area contributed by atoms with Gasteiger partial charge >= 0.3 is 0 Å². The first-order chi connectivity index (χ1) is 7.26. The third-order valence-corrected chi connectivity index (χ3v) is 8.07. The van der Waals surface area contributed by atoms with E-state index < -0.39 is 8.32 Å². The van der Waals surface area contributed by atoms with Gasteiger partial charge < -0.3 is 4.43 Å². The number of nitrogens with zero attached hydrogens (tertiary/aromatic N) is 1. The van der Waals surface area contributed by atoms with Crippen molar-refractivity contribution in [3.05, 3.63) is 11.8 Å². The molecular formula is C13H23NOSi. The first-order valence-electron chi connectivity index (χ1n) is 6.05. The first-order valence-corrected chi connectivity index (χ1v) is 8.96. The zero-order chi connectivity index (χ0) is 12.4. The molecule has 0 fully saturated rings. The van der Waals surface area contributed by atoms with Gasteiger partial charge in [-0.15, -0.1) is 0 Å². The maximum Gasteiger partial charge on any atom is 0.250 e. The van der Waals surface area contributed by atoms with Crippen molar-refractivity contribution in [1.82, 2.24) is 0 Å². The van der Waals surface area contributed by atoms with Crippen LogP contribution < -0.4 is 0 Å². The number of hydrogen-bond acceptors (Lipinski definition) is 2. The highest BCUT2D eigenvalue weighted by molar-refractivity contribution is 6.74. The van der Waals surface area contributed by atoms with Gasteiger partial charge in [0.05, 0.1) is 17.7 Å². The second-order valence-electron chi connectivity index (χ2n) is 6.12. The molecule has 0 aromatic carbocycles. The van der Waals surface area contributed by atoms with E-state index in [-0.39, 0.29) is 11.0 Å². The smallest absolute Gasteiger partial charge is 0.250 e. The molecule has 0 aromatic rings. The molecule has 2 nitrogen and oxygen atoms in total. The lowest BCUT2D eigenvalue weighted by Gasteiger charge is -2.38. The van der Waals surface area contributed by atoms with E-state index >= 15 is 0 Å². The van der Waals surface area contributed by atoms with Crippen molar-refractivity contribution in [2.75, 3.05) is 0 Å². The molecule has 1 aliphatic rings. The predicted octanol–water partition coefficient (Wildman–Crippen LogP) is 4.22. The van der Waals surface area contributed by atoms with Crippen LogP contribution in [0.15, 0.2) is 11.8 Å². The van der Waals surface area contributed by atoms with Crippen LogP contribution in [0.25, 0.3) is 0 Å². The maximum absolute atomic E-state index is 8.93. The second kappa shape index (κ2) is 4.63. The summed E-state index contributed by atoms with van der Waals surface area (Å²) in [5.41, 5.74) is 0. The maximum atomic E-state index is 8.93. The van der Waals surface area contributed by atoms with Gasteiger partial charge in [0.15, 0.2) is 0 Å². The fraction of sp³-hybridized carbons (Fsp3) is 0.769. The summed E-state index contributed by atoms with van der Waals surface area (Å²) in [4.78, 5) is 0. The number of nitriles is 1. The van der Waals surface area contributed by atoms with Crippen LogP contribution in [0.2, 0.25) is 18.1 Å². The summed E-state index contributed by atoms with van der Waals surface area (Å²) in [5, 5.41) is 9.16. The monoisotopic (exact) mass is 237 g/mol. The third kappa shape index (κ3) is 3.12. The van der Waals surface area contributed by atoms with Gasteiger partial charge in [0.1, 0.15) is 0 Å². The van der Waals surface area contributed by atoms with Crippen LogP contribution >= 0.6 is 0 Å². The molecule has 90 valence electrons. The summed E-state index contributed by atoms with van der Waals surface area (Å²) in [7, 11) is -1.71. The molecule has 0 saturated carbocycles. The van der Waals surface area contributed by atoms with E-state index in [1.54, 1.807) is 0 Å². The van der Waals surface area contributed by atoms with Crippen LogP contribution in [0.3, 0.4) is 0 Å². The largest absolute Gasteiger partial charge is 0.547 e. The van der Waals surface area contributed by atoms with Crippen molar-refractivity contribution in [2.45, 2.75) is 58.2 Å². The van der Waals surface area contributed by atoms with Gasteiger partial charge in [0.25, 0.3) is 0 Å². The number of hydrogen-bond donors (Lipinski definition) is 0. The zero-order valence-corrected chi connectivity index (χ0v) is 12.1. The summed E-state index contributed by atoms with van der Waals surface area (Å²) in [6, 6.07) is 2.32. The van der Waals surface area contributed by atoms with E-state index in [4.69, 9.17) is 9.69 Å². The van der Waals surface area contributed by atoms with Crippen molar-refractivity contribution >= 4 is 8.32 Å². The van der Waals surface area contributed by atoms with E-state index in [1.807, 2.05) is 6.08 Å². The van der Waals surface area contributed by atoms with Gasteiger partial charge in [-0.1, -0.05) is 20.8 Å². The molecule has 0 spiro atoms. The molecule has 0 heterocycles. The molecule has 0 aromatic heterocycles. The van der Waals surface area contributed by atoms with E-state index in [9.17, 15) is 0 Å². The normalized spacial score (nSPS) is 22.2. The predicted molar refractivity (Wildman–Crippen MR) is 69.3 cm³/mol. The Morgan fingerprint density at radius 1 is 1.44 bits per heavy atom. The fourth-order valence-electron chi connectivity index (χ4n) is 1.55. The molecule has 0 bridgehead atoms. The Labute approximate surface area is 100 Å². The Hall–Kier alpha value is -0.753. The Balaban J connectivity index is 2.75. The third-order valence-electron chi connectivity index (χ3n) is 3.68. The minimum absolute atomic E-state index is 0.0634. The minimum atomic E-state index is -1.71. The summed E-state index contributed by atoms with van der Waals surface area (Å²) < 4.78 is 6.22. The molecular weight excluding hydrogens is 214 g/mol. The highest BCUT2D eigenvalue weighted by Gasteiger charge is 2.39. The molecule has 0 radical (unpaired) electrons. The highest BCUT2D eigenvalue weighted by atomic mass is 28.4. The molecule has 16 heavy (non-hydrogen) atoms. The van der Waals surface area contributed by atoms with E-state index in [0.717, 1.165) is 25.0 Å². The standard InChI is InChI=1S/C13H23NOSi/c1-13(2,3)16(4,5)15-12-8-6-7-11(9-12)10-14/h9,11H,6-8H2,1-5H3. The van der Waals surface area contributed by atoms with Gasteiger partial charge in [-0.25, -0.2) is 0 Å². The van der Waals surface area contributed by atoms with E-state index in [1.165, 1.54) is 0 Å². The lowest BCUT2D eigenvalue weighted by molar-refractivity contribution is 0.344. The van der Waals surface area contributed by atoms with Crippen molar-refractivity contribution in [3.63, 3.8) is 0 Å². The van der Waals surface area contributed by atoms with Gasteiger partial charge in [0, 0.05) is 6.42 Å². The Morgan fingerprint density at radius 3 is 2.56 bits per heavy atom. The lowest BCUT2D eigenvalue weighted by Crippen LogP contribution is -2.40. The van der Waals surface area contributed by atoms with Crippen molar-refractivity contribution in [3.8, 4) is 6.07 Å². The summed E-state index contributed by atoms with van der Waals surface area (Å²) in [5.74, 6) is 1.12. The van der Waals surface area contributed by atoms with Gasteiger partial charge in [-0.2, -0.15) is 5.26 Å². The number of rotatable bonds is 2. The van der Waals surface area contributed by atoms with E-state index in [2.05, 4.69) is 39.9 Å². The molecule has 1 aliphatic carbocycles. The summed E-state index contributed by atoms with van der Waals surface area (Å²) >= 11 is 0. The summed E-state index contributed by atoms with van der Waals surface area (Å²) in [6.45, 7) is 11.2. The second-order valence-corrected chi connectivity index (χ2v) is 10.8.